The first-order chi connectivity index (χ1) is 6.18. The summed E-state index contributed by atoms with van der Waals surface area (Å²) >= 11 is 0. The highest BCUT2D eigenvalue weighted by atomic mass is 16.4. The van der Waals surface area contributed by atoms with Gasteiger partial charge in [-0.3, -0.25) is 5.32 Å². The average Bonchev–Trinajstić information content (AvgIpc) is 2.04. The molecule has 70 valence electrons. The average molecular weight is 181 g/mol. The van der Waals surface area contributed by atoms with Gasteiger partial charge in [-0.25, -0.2) is 4.79 Å². The number of nitrogens with one attached hydrogen (secondary N) is 1. The van der Waals surface area contributed by atoms with Crippen LogP contribution in [-0.2, 0) is 6.42 Å². The highest BCUT2D eigenvalue weighted by Crippen LogP contribution is 2.00. The Bertz CT molecular complexity index is 273. The van der Waals surface area contributed by atoms with Gasteiger partial charge in [0.05, 0.1) is 0 Å². The SMILES string of the molecule is O=C(O)NC(O)Cc1ccccc1. The second-order valence-electron chi connectivity index (χ2n) is 2.66. The van der Waals surface area contributed by atoms with Gasteiger partial charge in [-0.05, 0) is 5.56 Å². The van der Waals surface area contributed by atoms with E-state index in [-0.39, 0.29) is 6.42 Å². The monoisotopic (exact) mass is 181 g/mol. The van der Waals surface area contributed by atoms with E-state index in [9.17, 15) is 9.90 Å². The largest absolute Gasteiger partial charge is 0.465 e. The van der Waals surface area contributed by atoms with Crippen molar-refractivity contribution in [3.05, 3.63) is 35.9 Å². The molecule has 4 heteroatoms. The second kappa shape index (κ2) is 4.47. The molecule has 0 fully saturated rings. The van der Waals surface area contributed by atoms with Crippen LogP contribution in [-0.4, -0.2) is 22.5 Å². The first kappa shape index (κ1) is 9.54. The predicted octanol–water partition coefficient (Wildman–Crippen LogP) is 0.815. The molecular formula is C9H11NO3. The van der Waals surface area contributed by atoms with Crippen molar-refractivity contribution in [2.75, 3.05) is 0 Å². The summed E-state index contributed by atoms with van der Waals surface area (Å²) in [5, 5.41) is 19.4. The molecule has 1 rings (SSSR count). The van der Waals surface area contributed by atoms with Crippen molar-refractivity contribution in [2.24, 2.45) is 0 Å². The summed E-state index contributed by atoms with van der Waals surface area (Å²) < 4.78 is 0. The molecule has 0 aliphatic heterocycles. The van der Waals surface area contributed by atoms with Crippen LogP contribution in [0.1, 0.15) is 5.56 Å². The third-order valence-corrected chi connectivity index (χ3v) is 1.56. The fraction of sp³-hybridized carbons (Fsp3) is 0.222. The molecule has 0 aromatic heterocycles. The van der Waals surface area contributed by atoms with Crippen LogP contribution >= 0.6 is 0 Å². The van der Waals surface area contributed by atoms with Gasteiger partial charge in [0.25, 0.3) is 0 Å². The molecule has 1 unspecified atom stereocenters. The quantitative estimate of drug-likeness (QED) is 0.604. The Balaban J connectivity index is 2.45. The third kappa shape index (κ3) is 3.57. The van der Waals surface area contributed by atoms with E-state index in [1.54, 1.807) is 0 Å². The molecule has 1 amide bonds. The van der Waals surface area contributed by atoms with Gasteiger partial charge in [0.1, 0.15) is 6.23 Å². The van der Waals surface area contributed by atoms with Crippen LogP contribution in [0.5, 0.6) is 0 Å². The van der Waals surface area contributed by atoms with E-state index in [0.29, 0.717) is 0 Å². The number of aliphatic hydroxyl groups is 1. The molecule has 0 aliphatic rings. The zero-order chi connectivity index (χ0) is 9.68. The van der Waals surface area contributed by atoms with Gasteiger partial charge in [-0.2, -0.15) is 0 Å². The Kier molecular flexibility index (Phi) is 3.28. The first-order valence-electron chi connectivity index (χ1n) is 3.90. The van der Waals surface area contributed by atoms with Crippen LogP contribution in [0.4, 0.5) is 4.79 Å². The molecule has 0 spiro atoms. The van der Waals surface area contributed by atoms with E-state index in [2.05, 4.69) is 0 Å². The molecule has 0 saturated heterocycles. The molecule has 0 bridgehead atoms. The number of aliphatic hydroxyl groups excluding tert-OH is 1. The van der Waals surface area contributed by atoms with Crippen LogP contribution < -0.4 is 5.32 Å². The Morgan fingerprint density at radius 1 is 1.38 bits per heavy atom. The van der Waals surface area contributed by atoms with Crippen molar-refractivity contribution in [3.8, 4) is 0 Å². The van der Waals surface area contributed by atoms with Crippen molar-refractivity contribution >= 4 is 6.09 Å². The van der Waals surface area contributed by atoms with Gasteiger partial charge in [-0.15, -0.1) is 0 Å². The van der Waals surface area contributed by atoms with Gasteiger partial charge in [-0.1, -0.05) is 30.3 Å². The molecule has 0 radical (unpaired) electrons. The molecule has 0 heterocycles. The number of rotatable bonds is 3. The summed E-state index contributed by atoms with van der Waals surface area (Å²) in [6.07, 6.45) is -1.98. The summed E-state index contributed by atoms with van der Waals surface area (Å²) in [7, 11) is 0. The lowest BCUT2D eigenvalue weighted by molar-refractivity contribution is 0.121. The summed E-state index contributed by atoms with van der Waals surface area (Å²) in [6, 6.07) is 9.19. The summed E-state index contributed by atoms with van der Waals surface area (Å²) in [5.41, 5.74) is 0.892. The lowest BCUT2D eigenvalue weighted by Gasteiger charge is -2.09. The minimum absolute atomic E-state index is 0.285. The van der Waals surface area contributed by atoms with Crippen molar-refractivity contribution in [1.29, 1.82) is 0 Å². The van der Waals surface area contributed by atoms with Crippen LogP contribution in [0.25, 0.3) is 0 Å². The summed E-state index contributed by atoms with van der Waals surface area (Å²) in [6.45, 7) is 0. The number of benzene rings is 1. The maximum Gasteiger partial charge on any atom is 0.406 e. The fourth-order valence-corrected chi connectivity index (χ4v) is 1.03. The number of amides is 1. The number of hydrogen-bond donors (Lipinski definition) is 3. The zero-order valence-corrected chi connectivity index (χ0v) is 6.97. The fourth-order valence-electron chi connectivity index (χ4n) is 1.03. The molecule has 0 saturated carbocycles. The molecule has 4 nitrogen and oxygen atoms in total. The molecule has 1 atom stereocenters. The third-order valence-electron chi connectivity index (χ3n) is 1.56. The molecule has 13 heavy (non-hydrogen) atoms. The van der Waals surface area contributed by atoms with Crippen molar-refractivity contribution in [2.45, 2.75) is 12.6 Å². The zero-order valence-electron chi connectivity index (χ0n) is 6.97. The van der Waals surface area contributed by atoms with Gasteiger partial charge < -0.3 is 10.2 Å². The molecule has 0 aliphatic carbocycles. The highest BCUT2D eigenvalue weighted by molar-refractivity contribution is 5.64. The van der Waals surface area contributed by atoms with E-state index >= 15 is 0 Å². The summed E-state index contributed by atoms with van der Waals surface area (Å²) in [4.78, 5) is 10.1. The van der Waals surface area contributed by atoms with E-state index in [4.69, 9.17) is 5.11 Å². The number of hydrogen-bond acceptors (Lipinski definition) is 2. The normalized spacial score (nSPS) is 12.1. The van der Waals surface area contributed by atoms with Crippen LogP contribution in [0.3, 0.4) is 0 Å². The van der Waals surface area contributed by atoms with Gasteiger partial charge >= 0.3 is 6.09 Å². The standard InChI is InChI=1S/C9H11NO3/c11-8(10-9(12)13)6-7-4-2-1-3-5-7/h1-5,8,10-11H,6H2,(H,12,13). The molecule has 1 aromatic carbocycles. The Labute approximate surface area is 75.8 Å². The lowest BCUT2D eigenvalue weighted by atomic mass is 10.1. The molecule has 3 N–H and O–H groups in total. The maximum atomic E-state index is 10.1. The molecule has 1 aromatic rings. The Morgan fingerprint density at radius 3 is 2.54 bits per heavy atom. The molecular weight excluding hydrogens is 170 g/mol. The highest BCUT2D eigenvalue weighted by Gasteiger charge is 2.06. The lowest BCUT2D eigenvalue weighted by Crippen LogP contribution is -2.34. The van der Waals surface area contributed by atoms with E-state index < -0.39 is 12.3 Å². The van der Waals surface area contributed by atoms with Crippen molar-refractivity contribution in [1.82, 2.24) is 5.32 Å². The summed E-state index contributed by atoms with van der Waals surface area (Å²) in [5.74, 6) is 0. The minimum Gasteiger partial charge on any atom is -0.465 e. The van der Waals surface area contributed by atoms with Crippen molar-refractivity contribution in [3.63, 3.8) is 0 Å². The topological polar surface area (TPSA) is 69.6 Å². The Hall–Kier alpha value is -1.55. The van der Waals surface area contributed by atoms with Gasteiger partial charge in [0, 0.05) is 6.42 Å². The number of carboxylic acid groups (broad SMARTS) is 1. The van der Waals surface area contributed by atoms with Crippen LogP contribution in [0, 0.1) is 0 Å². The minimum atomic E-state index is -1.22. The van der Waals surface area contributed by atoms with Gasteiger partial charge in [0.15, 0.2) is 0 Å². The number of carbonyl (C=O) groups is 1. The maximum absolute atomic E-state index is 10.1. The van der Waals surface area contributed by atoms with E-state index in [1.807, 2.05) is 35.6 Å². The van der Waals surface area contributed by atoms with E-state index in [0.717, 1.165) is 5.56 Å². The van der Waals surface area contributed by atoms with Crippen LogP contribution in [0.2, 0.25) is 0 Å². The van der Waals surface area contributed by atoms with Crippen molar-refractivity contribution < 1.29 is 15.0 Å². The second-order valence-corrected chi connectivity index (χ2v) is 2.66. The van der Waals surface area contributed by atoms with Crippen LogP contribution in [0.15, 0.2) is 30.3 Å². The smallest absolute Gasteiger partial charge is 0.406 e. The predicted molar refractivity (Wildman–Crippen MR) is 47.3 cm³/mol. The Morgan fingerprint density at radius 2 is 2.00 bits per heavy atom. The first-order valence-corrected chi connectivity index (χ1v) is 3.90. The van der Waals surface area contributed by atoms with Gasteiger partial charge in [0.2, 0.25) is 0 Å². The van der Waals surface area contributed by atoms with E-state index in [1.165, 1.54) is 0 Å².